The van der Waals surface area contributed by atoms with Gasteiger partial charge in [-0.1, -0.05) is 29.8 Å². The fraction of sp³-hybridized carbons (Fsp3) is 0.409. The van der Waals surface area contributed by atoms with Crippen LogP contribution in [0.5, 0.6) is 0 Å². The Bertz CT molecular complexity index is 1090. The Balaban J connectivity index is 1.70. The number of rotatable bonds is 4. The van der Waals surface area contributed by atoms with E-state index in [2.05, 4.69) is 9.88 Å². The number of benzene rings is 1. The van der Waals surface area contributed by atoms with Crippen LogP contribution in [0.15, 0.2) is 41.3 Å². The molecule has 0 unspecified atom stereocenters. The summed E-state index contributed by atoms with van der Waals surface area (Å²) < 4.78 is 7.05. The van der Waals surface area contributed by atoms with Crippen molar-refractivity contribution in [2.24, 2.45) is 7.05 Å². The highest BCUT2D eigenvalue weighted by Crippen LogP contribution is 2.29. The molecule has 0 atom stereocenters. The van der Waals surface area contributed by atoms with Crippen molar-refractivity contribution in [3.05, 3.63) is 51.9 Å². The number of halogens is 1. The highest BCUT2D eigenvalue weighted by molar-refractivity contribution is 6.33. The molecule has 1 saturated carbocycles. The third-order valence-corrected chi connectivity index (χ3v) is 6.27. The predicted molar refractivity (Wildman–Crippen MR) is 117 cm³/mol. The Morgan fingerprint density at radius 1 is 1.17 bits per heavy atom. The molecule has 0 spiro atoms. The van der Waals surface area contributed by atoms with Gasteiger partial charge in [0.15, 0.2) is 0 Å². The van der Waals surface area contributed by atoms with E-state index in [1.165, 1.54) is 0 Å². The van der Waals surface area contributed by atoms with Crippen molar-refractivity contribution in [3.63, 3.8) is 0 Å². The summed E-state index contributed by atoms with van der Waals surface area (Å²) in [5, 5.41) is 1.36. The maximum atomic E-state index is 13.0. The van der Waals surface area contributed by atoms with Gasteiger partial charge in [-0.25, -0.2) is 4.98 Å². The summed E-state index contributed by atoms with van der Waals surface area (Å²) in [4.78, 5) is 24.4. The first-order chi connectivity index (χ1) is 14.0. The Kier molecular flexibility index (Phi) is 5.56. The number of fused-ring (bicyclic) bond motifs is 1. The average molecular weight is 413 g/mol. The van der Waals surface area contributed by atoms with E-state index in [9.17, 15) is 4.79 Å². The van der Waals surface area contributed by atoms with E-state index in [1.54, 1.807) is 31.0 Å². The van der Waals surface area contributed by atoms with Gasteiger partial charge >= 0.3 is 0 Å². The Morgan fingerprint density at radius 3 is 2.59 bits per heavy atom. The van der Waals surface area contributed by atoms with Crippen LogP contribution in [0.4, 0.5) is 5.95 Å². The zero-order valence-electron chi connectivity index (χ0n) is 16.9. The molecule has 0 aliphatic heterocycles. The van der Waals surface area contributed by atoms with Crippen molar-refractivity contribution in [2.45, 2.75) is 37.8 Å². The Morgan fingerprint density at radius 2 is 1.90 bits per heavy atom. The average Bonchev–Trinajstić information content (AvgIpc) is 2.76. The number of ether oxygens (including phenoxy) is 1. The van der Waals surface area contributed by atoms with E-state index in [-0.39, 0.29) is 5.56 Å². The number of hydrogen-bond donors (Lipinski definition) is 0. The van der Waals surface area contributed by atoms with Crippen molar-refractivity contribution < 1.29 is 4.74 Å². The summed E-state index contributed by atoms with van der Waals surface area (Å²) in [5.41, 5.74) is 1.76. The van der Waals surface area contributed by atoms with Gasteiger partial charge in [-0.15, -0.1) is 0 Å². The van der Waals surface area contributed by atoms with Gasteiger partial charge in [0.25, 0.3) is 5.56 Å². The molecule has 4 rings (SSSR count). The molecule has 1 aromatic carbocycles. The fourth-order valence-electron chi connectivity index (χ4n) is 4.11. The normalized spacial score (nSPS) is 19.4. The summed E-state index contributed by atoms with van der Waals surface area (Å²) in [6.45, 7) is 0. The van der Waals surface area contributed by atoms with Crippen LogP contribution in [0.3, 0.4) is 0 Å². The topological polar surface area (TPSA) is 60.2 Å². The van der Waals surface area contributed by atoms with Gasteiger partial charge in [0.2, 0.25) is 5.95 Å². The highest BCUT2D eigenvalue weighted by Gasteiger charge is 2.25. The van der Waals surface area contributed by atoms with E-state index in [4.69, 9.17) is 21.3 Å². The number of pyridine rings is 1. The van der Waals surface area contributed by atoms with E-state index in [0.29, 0.717) is 39.9 Å². The molecule has 152 valence electrons. The minimum atomic E-state index is -0.126. The zero-order chi connectivity index (χ0) is 20.5. The first-order valence-corrected chi connectivity index (χ1v) is 10.2. The molecule has 0 radical (unpaired) electrons. The summed E-state index contributed by atoms with van der Waals surface area (Å²) in [7, 11) is 5.54. The van der Waals surface area contributed by atoms with Crippen molar-refractivity contribution >= 4 is 28.6 Å². The molecule has 7 heteroatoms. The molecule has 1 fully saturated rings. The lowest BCUT2D eigenvalue weighted by atomic mass is 9.92. The molecule has 3 aromatic rings. The second-order valence-electron chi connectivity index (χ2n) is 7.63. The predicted octanol–water partition coefficient (Wildman–Crippen LogP) is 4.04. The second-order valence-corrected chi connectivity index (χ2v) is 8.04. The monoisotopic (exact) mass is 412 g/mol. The maximum absolute atomic E-state index is 13.0. The summed E-state index contributed by atoms with van der Waals surface area (Å²) >= 11 is 6.31. The molecule has 29 heavy (non-hydrogen) atoms. The van der Waals surface area contributed by atoms with Gasteiger partial charge < -0.3 is 9.64 Å². The minimum absolute atomic E-state index is 0.126. The van der Waals surface area contributed by atoms with Crippen molar-refractivity contribution in [3.8, 4) is 11.1 Å². The van der Waals surface area contributed by atoms with Gasteiger partial charge in [-0.3, -0.25) is 9.36 Å². The van der Waals surface area contributed by atoms with Gasteiger partial charge in [0, 0.05) is 55.0 Å². The number of nitrogens with zero attached hydrogens (tertiary/aromatic N) is 4. The molecule has 6 nitrogen and oxygen atoms in total. The third-order valence-electron chi connectivity index (χ3n) is 5.94. The van der Waals surface area contributed by atoms with Gasteiger partial charge in [-0.05, 0) is 37.8 Å². The molecule has 2 heterocycles. The number of aryl methyl sites for hydroxylation is 1. The van der Waals surface area contributed by atoms with Gasteiger partial charge in [0.1, 0.15) is 5.65 Å². The Hall–Kier alpha value is -2.44. The molecule has 1 aliphatic carbocycles. The molecule has 0 saturated heterocycles. The zero-order valence-corrected chi connectivity index (χ0v) is 17.7. The minimum Gasteiger partial charge on any atom is -0.381 e. The first kappa shape index (κ1) is 19.9. The van der Waals surface area contributed by atoms with Crippen LogP contribution in [-0.2, 0) is 11.8 Å². The van der Waals surface area contributed by atoms with E-state index in [1.807, 2.05) is 31.3 Å². The third kappa shape index (κ3) is 3.74. The molecular weight excluding hydrogens is 388 g/mol. The van der Waals surface area contributed by atoms with Crippen LogP contribution in [0.25, 0.3) is 22.2 Å². The van der Waals surface area contributed by atoms with Gasteiger partial charge in [-0.2, -0.15) is 4.98 Å². The number of anilines is 1. The summed E-state index contributed by atoms with van der Waals surface area (Å²) in [5.74, 6) is 0.638. The van der Waals surface area contributed by atoms with Gasteiger partial charge in [0.05, 0.1) is 6.10 Å². The second kappa shape index (κ2) is 8.13. The highest BCUT2D eigenvalue weighted by atomic mass is 35.5. The SMILES string of the molecule is COC1CCC(N(C)c2ncc3cc(-c4ccccc4Cl)c(=O)n(C)c3n2)CC1. The molecule has 0 bridgehead atoms. The van der Waals surface area contributed by atoms with Crippen LogP contribution < -0.4 is 10.5 Å². The lowest BCUT2D eigenvalue weighted by Crippen LogP contribution is -2.37. The first-order valence-electron chi connectivity index (χ1n) is 9.87. The molecule has 2 aromatic heterocycles. The number of methoxy groups -OCH3 is 1. The van der Waals surface area contributed by atoms with Crippen LogP contribution in [0.2, 0.25) is 5.02 Å². The molecule has 0 N–H and O–H groups in total. The lowest BCUT2D eigenvalue weighted by Gasteiger charge is -2.34. The largest absolute Gasteiger partial charge is 0.381 e. The quantitative estimate of drug-likeness (QED) is 0.647. The molecule has 1 aliphatic rings. The smallest absolute Gasteiger partial charge is 0.259 e. The molecule has 0 amide bonds. The fourth-order valence-corrected chi connectivity index (χ4v) is 4.35. The van der Waals surface area contributed by atoms with Crippen LogP contribution >= 0.6 is 11.6 Å². The van der Waals surface area contributed by atoms with Crippen molar-refractivity contribution in [1.82, 2.24) is 14.5 Å². The Labute approximate surface area is 175 Å². The maximum Gasteiger partial charge on any atom is 0.259 e. The number of hydrogen-bond acceptors (Lipinski definition) is 5. The molecular formula is C22H25ClN4O2. The summed E-state index contributed by atoms with van der Waals surface area (Å²) in [6, 6.07) is 9.56. The standard InChI is InChI=1S/C22H25ClN4O2/c1-26(15-8-10-16(29-3)11-9-15)22-24-13-14-12-18(17-6-4-5-7-19(17)23)21(28)27(2)20(14)25-22/h4-7,12-13,15-16H,8-11H2,1-3H3. The van der Waals surface area contributed by atoms with Crippen LogP contribution in [0.1, 0.15) is 25.7 Å². The van der Waals surface area contributed by atoms with E-state index < -0.39 is 0 Å². The lowest BCUT2D eigenvalue weighted by molar-refractivity contribution is 0.0659. The summed E-state index contributed by atoms with van der Waals surface area (Å²) in [6.07, 6.45) is 6.30. The van der Waals surface area contributed by atoms with Crippen molar-refractivity contribution in [2.75, 3.05) is 19.1 Å². The van der Waals surface area contributed by atoms with E-state index in [0.717, 1.165) is 31.1 Å². The van der Waals surface area contributed by atoms with Crippen LogP contribution in [0, 0.1) is 0 Å². The number of aromatic nitrogens is 3. The van der Waals surface area contributed by atoms with E-state index >= 15 is 0 Å². The van der Waals surface area contributed by atoms with Crippen LogP contribution in [-0.4, -0.2) is 40.8 Å². The van der Waals surface area contributed by atoms with Crippen molar-refractivity contribution in [1.29, 1.82) is 0 Å².